The van der Waals surface area contributed by atoms with E-state index in [0.717, 1.165) is 0 Å². The maximum absolute atomic E-state index is 11.1. The largest absolute Gasteiger partial charge is 0.481 e. The minimum absolute atomic E-state index is 0.0703. The van der Waals surface area contributed by atoms with Gasteiger partial charge in [0.2, 0.25) is 0 Å². The van der Waals surface area contributed by atoms with Gasteiger partial charge in [0.05, 0.1) is 11.4 Å². The first kappa shape index (κ1) is 9.80. The molecule has 1 N–H and O–H groups in total. The third-order valence-corrected chi connectivity index (χ3v) is 1.61. The monoisotopic (exact) mass is 202 g/mol. The molecule has 5 heteroatoms. The van der Waals surface area contributed by atoms with Crippen molar-refractivity contribution in [1.82, 2.24) is 0 Å². The van der Waals surface area contributed by atoms with Gasteiger partial charge in [-0.15, -0.1) is 0 Å². The zero-order chi connectivity index (χ0) is 9.84. The van der Waals surface area contributed by atoms with Crippen LogP contribution in [0.4, 0.5) is 0 Å². The summed E-state index contributed by atoms with van der Waals surface area (Å²) in [7, 11) is 0. The lowest BCUT2D eigenvalue weighted by Crippen LogP contribution is -2.02. The Kier molecular flexibility index (Phi) is 3.08. The van der Waals surface area contributed by atoms with Crippen molar-refractivity contribution in [1.29, 1.82) is 0 Å². The molecule has 1 aromatic heterocycles. The topological polar surface area (TPSA) is 67.5 Å². The van der Waals surface area contributed by atoms with Gasteiger partial charge in [-0.25, -0.2) is 0 Å². The number of halogens is 1. The van der Waals surface area contributed by atoms with Crippen LogP contribution in [0.25, 0.3) is 0 Å². The predicted molar refractivity (Wildman–Crippen MR) is 44.9 cm³/mol. The SMILES string of the molecule is O=C(O)CCC(=O)c1cc(Cl)co1. The number of ketones is 1. The summed E-state index contributed by atoms with van der Waals surface area (Å²) in [5.41, 5.74) is 0. The lowest BCUT2D eigenvalue weighted by Gasteiger charge is -1.92. The van der Waals surface area contributed by atoms with Gasteiger partial charge in [-0.05, 0) is 0 Å². The van der Waals surface area contributed by atoms with Gasteiger partial charge in [0.25, 0.3) is 0 Å². The maximum atomic E-state index is 11.1. The van der Waals surface area contributed by atoms with Crippen LogP contribution in [0.2, 0.25) is 5.02 Å². The molecule has 0 amide bonds. The Balaban J connectivity index is 2.54. The molecule has 0 spiro atoms. The molecule has 0 aliphatic carbocycles. The summed E-state index contributed by atoms with van der Waals surface area (Å²) in [6, 6.07) is 1.37. The molecule has 1 heterocycles. The van der Waals surface area contributed by atoms with E-state index in [1.165, 1.54) is 12.3 Å². The molecule has 4 nitrogen and oxygen atoms in total. The van der Waals surface area contributed by atoms with Gasteiger partial charge < -0.3 is 9.52 Å². The van der Waals surface area contributed by atoms with Crippen LogP contribution in [0.1, 0.15) is 23.4 Å². The Morgan fingerprint density at radius 3 is 2.62 bits per heavy atom. The van der Waals surface area contributed by atoms with Crippen molar-refractivity contribution in [2.45, 2.75) is 12.8 Å². The summed E-state index contributed by atoms with van der Waals surface area (Å²) in [4.78, 5) is 21.3. The number of hydrogen-bond donors (Lipinski definition) is 1. The summed E-state index contributed by atoms with van der Waals surface area (Å²) in [5.74, 6) is -1.26. The molecular formula is C8H7ClO4. The van der Waals surface area contributed by atoms with Crippen molar-refractivity contribution >= 4 is 23.4 Å². The van der Waals surface area contributed by atoms with Crippen LogP contribution in [-0.4, -0.2) is 16.9 Å². The molecule has 0 radical (unpaired) electrons. The lowest BCUT2D eigenvalue weighted by atomic mass is 10.2. The molecule has 0 saturated carbocycles. The average molecular weight is 203 g/mol. The van der Waals surface area contributed by atoms with Gasteiger partial charge in [-0.1, -0.05) is 11.6 Å². The zero-order valence-corrected chi connectivity index (χ0v) is 7.37. The number of rotatable bonds is 4. The van der Waals surface area contributed by atoms with Gasteiger partial charge in [-0.2, -0.15) is 0 Å². The number of carbonyl (C=O) groups is 2. The minimum Gasteiger partial charge on any atom is -0.481 e. The highest BCUT2D eigenvalue weighted by molar-refractivity contribution is 6.30. The Bertz CT molecular complexity index is 329. The van der Waals surface area contributed by atoms with Crippen LogP contribution in [-0.2, 0) is 4.79 Å². The summed E-state index contributed by atoms with van der Waals surface area (Å²) in [6.07, 6.45) is 0.964. The molecule has 0 aliphatic heterocycles. The van der Waals surface area contributed by atoms with E-state index >= 15 is 0 Å². The summed E-state index contributed by atoms with van der Waals surface area (Å²) < 4.78 is 4.78. The van der Waals surface area contributed by atoms with Crippen molar-refractivity contribution in [3.63, 3.8) is 0 Å². The van der Waals surface area contributed by atoms with Crippen molar-refractivity contribution in [2.24, 2.45) is 0 Å². The van der Waals surface area contributed by atoms with E-state index in [1.54, 1.807) is 0 Å². The quantitative estimate of drug-likeness (QED) is 0.758. The number of carbonyl (C=O) groups excluding carboxylic acids is 1. The van der Waals surface area contributed by atoms with E-state index in [0.29, 0.717) is 5.02 Å². The highest BCUT2D eigenvalue weighted by Gasteiger charge is 2.11. The Morgan fingerprint density at radius 2 is 2.15 bits per heavy atom. The Morgan fingerprint density at radius 1 is 1.46 bits per heavy atom. The smallest absolute Gasteiger partial charge is 0.303 e. The van der Waals surface area contributed by atoms with E-state index in [2.05, 4.69) is 0 Å². The standard InChI is InChI=1S/C8H7ClO4/c9-5-3-7(13-4-5)6(10)1-2-8(11)12/h3-4H,1-2H2,(H,11,12). The number of carboxylic acid groups (broad SMARTS) is 1. The summed E-state index contributed by atoms with van der Waals surface area (Å²) in [5, 5.41) is 8.64. The highest BCUT2D eigenvalue weighted by atomic mass is 35.5. The summed E-state index contributed by atoms with van der Waals surface area (Å²) >= 11 is 5.50. The molecule has 13 heavy (non-hydrogen) atoms. The van der Waals surface area contributed by atoms with Gasteiger partial charge >= 0.3 is 5.97 Å². The molecule has 0 aromatic carbocycles. The number of furan rings is 1. The average Bonchev–Trinajstić information content (AvgIpc) is 2.47. The molecule has 0 unspecified atom stereocenters. The second-order valence-corrected chi connectivity index (χ2v) is 2.88. The van der Waals surface area contributed by atoms with Gasteiger partial charge in [0, 0.05) is 12.5 Å². The second-order valence-electron chi connectivity index (χ2n) is 2.45. The van der Waals surface area contributed by atoms with E-state index in [1.807, 2.05) is 0 Å². The van der Waals surface area contributed by atoms with Crippen LogP contribution in [0.5, 0.6) is 0 Å². The Labute approximate surface area is 79.1 Å². The highest BCUT2D eigenvalue weighted by Crippen LogP contribution is 2.15. The van der Waals surface area contributed by atoms with E-state index in [9.17, 15) is 9.59 Å². The first-order valence-electron chi connectivity index (χ1n) is 3.58. The molecule has 70 valence electrons. The van der Waals surface area contributed by atoms with Crippen LogP contribution in [0, 0.1) is 0 Å². The fourth-order valence-electron chi connectivity index (χ4n) is 0.803. The number of hydrogen-bond acceptors (Lipinski definition) is 3. The number of carboxylic acids is 1. The number of Topliss-reactive ketones (excluding diaryl/α,β-unsaturated/α-hetero) is 1. The molecular weight excluding hydrogens is 196 g/mol. The molecule has 1 rings (SSSR count). The fourth-order valence-corrected chi connectivity index (χ4v) is 0.947. The maximum Gasteiger partial charge on any atom is 0.303 e. The first-order valence-corrected chi connectivity index (χ1v) is 3.96. The molecule has 0 fully saturated rings. The van der Waals surface area contributed by atoms with Crippen LogP contribution < -0.4 is 0 Å². The predicted octanol–water partition coefficient (Wildman–Crippen LogP) is 1.98. The summed E-state index contributed by atoms with van der Waals surface area (Å²) in [6.45, 7) is 0. The van der Waals surface area contributed by atoms with E-state index in [-0.39, 0.29) is 24.4 Å². The van der Waals surface area contributed by atoms with Crippen molar-refractivity contribution in [3.05, 3.63) is 23.1 Å². The zero-order valence-electron chi connectivity index (χ0n) is 6.62. The molecule has 1 aromatic rings. The normalized spacial score (nSPS) is 9.92. The first-order chi connectivity index (χ1) is 6.09. The van der Waals surface area contributed by atoms with E-state index in [4.69, 9.17) is 21.1 Å². The van der Waals surface area contributed by atoms with Crippen LogP contribution >= 0.6 is 11.6 Å². The third kappa shape index (κ3) is 2.91. The van der Waals surface area contributed by atoms with Gasteiger partial charge in [0.1, 0.15) is 6.26 Å². The molecule has 0 atom stereocenters. The number of aliphatic carboxylic acids is 1. The van der Waals surface area contributed by atoms with Crippen LogP contribution in [0.15, 0.2) is 16.7 Å². The molecule has 0 aliphatic rings. The molecule has 0 bridgehead atoms. The van der Waals surface area contributed by atoms with Crippen molar-refractivity contribution in [3.8, 4) is 0 Å². The second kappa shape index (κ2) is 4.09. The molecule has 0 saturated heterocycles. The van der Waals surface area contributed by atoms with Crippen molar-refractivity contribution in [2.75, 3.05) is 0 Å². The van der Waals surface area contributed by atoms with Crippen molar-refractivity contribution < 1.29 is 19.1 Å². The van der Waals surface area contributed by atoms with Gasteiger partial charge in [-0.3, -0.25) is 9.59 Å². The Hall–Kier alpha value is -1.29. The van der Waals surface area contributed by atoms with Crippen LogP contribution in [0.3, 0.4) is 0 Å². The van der Waals surface area contributed by atoms with E-state index < -0.39 is 5.97 Å². The minimum atomic E-state index is -1.01. The third-order valence-electron chi connectivity index (χ3n) is 1.41. The fraction of sp³-hybridized carbons (Fsp3) is 0.250. The van der Waals surface area contributed by atoms with Gasteiger partial charge in [0.15, 0.2) is 11.5 Å². The lowest BCUT2D eigenvalue weighted by molar-refractivity contribution is -0.136.